The van der Waals surface area contributed by atoms with Crippen molar-refractivity contribution in [3.05, 3.63) is 35.9 Å². The first kappa shape index (κ1) is 13.8. The molecule has 0 aliphatic rings. The minimum Gasteiger partial charge on any atom is -0.381 e. The number of nitrogens with one attached hydrogen (secondary N) is 1. The van der Waals surface area contributed by atoms with Crippen LogP contribution in [0.2, 0.25) is 0 Å². The topological polar surface area (TPSA) is 114 Å². The monoisotopic (exact) mass is 295 g/mol. The second-order valence-electron chi connectivity index (χ2n) is 3.93. The number of aromatic nitrogens is 2. The normalized spacial score (nSPS) is 11.1. The summed E-state index contributed by atoms with van der Waals surface area (Å²) < 4.78 is 41.2. The van der Waals surface area contributed by atoms with E-state index in [1.807, 2.05) is 0 Å². The molecule has 1 heterocycles. The van der Waals surface area contributed by atoms with Crippen LogP contribution in [0.3, 0.4) is 0 Å². The smallest absolute Gasteiger partial charge is 0.281 e. The molecule has 2 aromatic rings. The molecule has 0 radical (unpaired) electrons. The number of nitrogens with zero attached hydrogens (tertiary/aromatic N) is 3. The van der Waals surface area contributed by atoms with Crippen molar-refractivity contribution < 1.29 is 12.8 Å². The van der Waals surface area contributed by atoms with E-state index in [1.165, 1.54) is 30.1 Å². The largest absolute Gasteiger partial charge is 0.381 e. The molecule has 104 valence electrons. The molecule has 1 aromatic carbocycles. The maximum absolute atomic E-state index is 13.4. The molecule has 0 unspecified atom stereocenters. The van der Waals surface area contributed by atoms with Crippen LogP contribution in [0, 0.1) is 17.1 Å². The van der Waals surface area contributed by atoms with Crippen LogP contribution in [-0.4, -0.2) is 18.0 Å². The van der Waals surface area contributed by atoms with Gasteiger partial charge in [-0.05, 0) is 12.1 Å². The van der Waals surface area contributed by atoms with Crippen molar-refractivity contribution in [3.8, 4) is 6.07 Å². The molecule has 0 amide bonds. The van der Waals surface area contributed by atoms with Crippen LogP contribution in [0.1, 0.15) is 5.56 Å². The van der Waals surface area contributed by atoms with E-state index in [0.29, 0.717) is 0 Å². The van der Waals surface area contributed by atoms with Crippen LogP contribution in [0.15, 0.2) is 29.6 Å². The first-order valence-corrected chi connectivity index (χ1v) is 6.83. The predicted octanol–water partition coefficient (Wildman–Crippen LogP) is 0.814. The Morgan fingerprint density at radius 1 is 1.50 bits per heavy atom. The molecule has 0 saturated heterocycles. The van der Waals surface area contributed by atoms with Crippen LogP contribution in [0.5, 0.6) is 0 Å². The van der Waals surface area contributed by atoms with Crippen molar-refractivity contribution in [2.24, 2.45) is 7.05 Å². The number of nitrogen functional groups attached to an aromatic ring is 1. The van der Waals surface area contributed by atoms with Crippen LogP contribution < -0.4 is 10.5 Å². The number of anilines is 2. The summed E-state index contributed by atoms with van der Waals surface area (Å²) >= 11 is 0. The molecular formula is C11H10FN5O2S. The highest BCUT2D eigenvalue weighted by Gasteiger charge is 2.24. The van der Waals surface area contributed by atoms with Gasteiger partial charge in [-0.1, -0.05) is 6.07 Å². The summed E-state index contributed by atoms with van der Waals surface area (Å²) in [5.41, 5.74) is 4.94. The summed E-state index contributed by atoms with van der Waals surface area (Å²) in [6.07, 6.45) is 1.24. The van der Waals surface area contributed by atoms with Gasteiger partial charge in [0.15, 0.2) is 10.8 Å². The lowest BCUT2D eigenvalue weighted by atomic mass is 10.2. The molecule has 7 nitrogen and oxygen atoms in total. The Bertz CT molecular complexity index is 787. The van der Waals surface area contributed by atoms with Gasteiger partial charge in [-0.3, -0.25) is 4.72 Å². The van der Waals surface area contributed by atoms with E-state index in [-0.39, 0.29) is 16.5 Å². The predicted molar refractivity (Wildman–Crippen MR) is 69.5 cm³/mol. The fourth-order valence-electron chi connectivity index (χ4n) is 1.68. The average Bonchev–Trinajstić information content (AvgIpc) is 2.69. The van der Waals surface area contributed by atoms with Gasteiger partial charge < -0.3 is 10.3 Å². The molecule has 0 atom stereocenters. The van der Waals surface area contributed by atoms with Crippen molar-refractivity contribution in [2.45, 2.75) is 5.03 Å². The molecule has 1 aromatic heterocycles. The fraction of sp³-hybridized carbons (Fsp3) is 0.0909. The van der Waals surface area contributed by atoms with E-state index >= 15 is 0 Å². The van der Waals surface area contributed by atoms with Crippen molar-refractivity contribution in [1.29, 1.82) is 5.26 Å². The molecule has 2 rings (SSSR count). The van der Waals surface area contributed by atoms with Gasteiger partial charge in [0.2, 0.25) is 0 Å². The van der Waals surface area contributed by atoms with Gasteiger partial charge >= 0.3 is 0 Å². The zero-order valence-electron chi connectivity index (χ0n) is 10.3. The summed E-state index contributed by atoms with van der Waals surface area (Å²) in [6.45, 7) is 0. The Labute approximate surface area is 114 Å². The maximum Gasteiger partial charge on any atom is 0.281 e. The van der Waals surface area contributed by atoms with Gasteiger partial charge in [0.1, 0.15) is 17.4 Å². The molecule has 0 saturated carbocycles. The molecule has 9 heteroatoms. The summed E-state index contributed by atoms with van der Waals surface area (Å²) in [6, 6.07) is 5.25. The van der Waals surface area contributed by atoms with Gasteiger partial charge in [0.25, 0.3) is 10.0 Å². The number of rotatable bonds is 3. The van der Waals surface area contributed by atoms with Crippen molar-refractivity contribution in [2.75, 3.05) is 10.5 Å². The number of aryl methyl sites for hydroxylation is 1. The van der Waals surface area contributed by atoms with E-state index in [1.54, 1.807) is 6.07 Å². The second-order valence-corrected chi connectivity index (χ2v) is 5.52. The Balaban J connectivity index is 2.50. The van der Waals surface area contributed by atoms with E-state index in [4.69, 9.17) is 11.0 Å². The fourth-order valence-corrected chi connectivity index (χ4v) is 2.99. The Hall–Kier alpha value is -2.60. The zero-order valence-corrected chi connectivity index (χ0v) is 11.1. The number of hydrogen-bond acceptors (Lipinski definition) is 5. The summed E-state index contributed by atoms with van der Waals surface area (Å²) in [7, 11) is -2.62. The highest BCUT2D eigenvalue weighted by Crippen LogP contribution is 2.23. The number of benzene rings is 1. The standard InChI is InChI=1S/C11H10FN5O2S/c1-17-6-15-10(14)11(17)20(18,19)16-9-4-2-3-8(12)7(9)5-13/h2-4,6,16H,14H2,1H3. The number of hydrogen-bond donors (Lipinski definition) is 2. The highest BCUT2D eigenvalue weighted by molar-refractivity contribution is 7.92. The molecule has 0 fully saturated rings. The second kappa shape index (κ2) is 4.82. The third kappa shape index (κ3) is 2.28. The first-order chi connectivity index (χ1) is 9.36. The number of nitrogens with two attached hydrogens (primary N) is 1. The summed E-state index contributed by atoms with van der Waals surface area (Å²) in [4.78, 5) is 3.67. The maximum atomic E-state index is 13.4. The van der Waals surface area contributed by atoms with E-state index in [9.17, 15) is 12.8 Å². The van der Waals surface area contributed by atoms with Gasteiger partial charge in [0.05, 0.1) is 12.0 Å². The number of sulfonamides is 1. The number of nitriles is 1. The number of halogens is 1. The lowest BCUT2D eigenvalue weighted by Crippen LogP contribution is -2.18. The lowest BCUT2D eigenvalue weighted by molar-refractivity contribution is 0.591. The van der Waals surface area contributed by atoms with Crippen molar-refractivity contribution >= 4 is 21.5 Å². The minimum absolute atomic E-state index is 0.159. The van der Waals surface area contributed by atoms with E-state index in [0.717, 1.165) is 6.07 Å². The Morgan fingerprint density at radius 2 is 2.20 bits per heavy atom. The highest BCUT2D eigenvalue weighted by atomic mass is 32.2. The van der Waals surface area contributed by atoms with E-state index < -0.39 is 21.4 Å². The molecular weight excluding hydrogens is 285 g/mol. The van der Waals surface area contributed by atoms with Crippen LogP contribution in [-0.2, 0) is 17.1 Å². The van der Waals surface area contributed by atoms with Crippen LogP contribution in [0.4, 0.5) is 15.9 Å². The quantitative estimate of drug-likeness (QED) is 0.870. The molecule has 3 N–H and O–H groups in total. The summed E-state index contributed by atoms with van der Waals surface area (Å²) in [5, 5.41) is 8.61. The van der Waals surface area contributed by atoms with Crippen LogP contribution >= 0.6 is 0 Å². The Morgan fingerprint density at radius 3 is 2.75 bits per heavy atom. The van der Waals surface area contributed by atoms with Crippen molar-refractivity contribution in [1.82, 2.24) is 9.55 Å². The van der Waals surface area contributed by atoms with E-state index in [2.05, 4.69) is 9.71 Å². The molecule has 0 bridgehead atoms. The van der Waals surface area contributed by atoms with Gasteiger partial charge in [-0.25, -0.2) is 9.37 Å². The molecule has 0 aliphatic heterocycles. The SMILES string of the molecule is Cn1cnc(N)c1S(=O)(=O)Nc1cccc(F)c1C#N. The third-order valence-corrected chi connectivity index (χ3v) is 4.03. The number of imidazole rings is 1. The zero-order chi connectivity index (χ0) is 14.9. The molecule has 0 spiro atoms. The average molecular weight is 295 g/mol. The molecule has 0 aliphatic carbocycles. The third-order valence-electron chi connectivity index (χ3n) is 2.53. The first-order valence-electron chi connectivity index (χ1n) is 5.35. The van der Waals surface area contributed by atoms with Gasteiger partial charge in [-0.2, -0.15) is 13.7 Å². The van der Waals surface area contributed by atoms with Crippen molar-refractivity contribution in [3.63, 3.8) is 0 Å². The molecule has 20 heavy (non-hydrogen) atoms. The summed E-state index contributed by atoms with van der Waals surface area (Å²) in [5.74, 6) is -0.999. The minimum atomic E-state index is -4.07. The lowest BCUT2D eigenvalue weighted by Gasteiger charge is -2.10. The Kier molecular flexibility index (Phi) is 3.33. The van der Waals surface area contributed by atoms with Gasteiger partial charge in [0, 0.05) is 7.05 Å². The van der Waals surface area contributed by atoms with Gasteiger partial charge in [-0.15, -0.1) is 0 Å². The van der Waals surface area contributed by atoms with Crippen LogP contribution in [0.25, 0.3) is 0 Å².